The van der Waals surface area contributed by atoms with Crippen LogP contribution >= 0.6 is 11.8 Å². The molecule has 1 aromatic rings. The Kier molecular flexibility index (Phi) is 5.70. The van der Waals surface area contributed by atoms with Crippen molar-refractivity contribution in [1.29, 1.82) is 0 Å². The molecule has 0 aromatic carbocycles. The molecule has 1 heterocycles. The molecule has 1 rings (SSSR count). The third-order valence-electron chi connectivity index (χ3n) is 2.35. The smallest absolute Gasteiger partial charge is 0.327 e. The van der Waals surface area contributed by atoms with Crippen molar-refractivity contribution in [2.45, 2.75) is 32.2 Å². The molecule has 0 aliphatic carbocycles. The van der Waals surface area contributed by atoms with Gasteiger partial charge in [-0.2, -0.15) is 11.8 Å². The molecule has 2 N–H and O–H groups in total. The van der Waals surface area contributed by atoms with Crippen molar-refractivity contribution in [3.63, 3.8) is 0 Å². The molecular formula is C11H17N3O3S. The first kappa shape index (κ1) is 14.6. The number of aliphatic carboxylic acids is 1. The minimum Gasteiger partial charge on any atom is -0.480 e. The number of hydrogen-bond donors (Lipinski definition) is 2. The monoisotopic (exact) mass is 271 g/mol. The summed E-state index contributed by atoms with van der Waals surface area (Å²) in [6.07, 6.45) is 3.52. The van der Waals surface area contributed by atoms with E-state index in [2.05, 4.69) is 10.3 Å². The van der Waals surface area contributed by atoms with E-state index in [1.165, 1.54) is 18.7 Å². The zero-order chi connectivity index (χ0) is 13.5. The Bertz CT molecular complexity index is 419. The molecule has 1 unspecified atom stereocenters. The minimum absolute atomic E-state index is 0.332. The minimum atomic E-state index is -1.01. The second-order valence-electron chi connectivity index (χ2n) is 3.78. The fourth-order valence-corrected chi connectivity index (χ4v) is 2.48. The number of imidazole rings is 1. The van der Waals surface area contributed by atoms with Crippen molar-refractivity contribution in [1.82, 2.24) is 14.9 Å². The van der Waals surface area contributed by atoms with Crippen LogP contribution in [0.5, 0.6) is 0 Å². The van der Waals surface area contributed by atoms with E-state index in [-0.39, 0.29) is 5.91 Å². The summed E-state index contributed by atoms with van der Waals surface area (Å²) in [5.74, 6) is -0.329. The lowest BCUT2D eigenvalue weighted by Crippen LogP contribution is -2.41. The highest BCUT2D eigenvalue weighted by Gasteiger charge is 2.18. The lowest BCUT2D eigenvalue weighted by molar-refractivity contribution is -0.140. The van der Waals surface area contributed by atoms with Gasteiger partial charge in [-0.05, 0) is 6.92 Å². The number of hydrogen-bond acceptors (Lipinski definition) is 4. The third kappa shape index (κ3) is 4.40. The zero-order valence-corrected chi connectivity index (χ0v) is 11.2. The molecule has 0 aliphatic rings. The second kappa shape index (κ2) is 7.05. The number of nitrogens with zero attached hydrogens (tertiary/aromatic N) is 2. The number of carbonyl (C=O) groups excluding carboxylic acids is 1. The van der Waals surface area contributed by atoms with Crippen LogP contribution < -0.4 is 5.32 Å². The first-order valence-corrected chi connectivity index (χ1v) is 6.76. The van der Waals surface area contributed by atoms with Gasteiger partial charge in [-0.15, -0.1) is 0 Å². The summed E-state index contributed by atoms with van der Waals surface area (Å²) in [5.41, 5.74) is 1.05. The van der Waals surface area contributed by atoms with Crippen LogP contribution in [-0.4, -0.2) is 38.3 Å². The van der Waals surface area contributed by atoms with Gasteiger partial charge in [0, 0.05) is 36.9 Å². The van der Waals surface area contributed by atoms with E-state index < -0.39 is 12.0 Å². The summed E-state index contributed by atoms with van der Waals surface area (Å²) in [6, 6.07) is -0.842. The first-order valence-electron chi connectivity index (χ1n) is 5.61. The Morgan fingerprint density at radius 2 is 2.33 bits per heavy atom. The molecule has 1 atom stereocenters. The number of aromatic nitrogens is 2. The van der Waals surface area contributed by atoms with Crippen LogP contribution in [0.3, 0.4) is 0 Å². The standard InChI is InChI=1S/C11H17N3O3S/c1-3-14-7-12-4-9(14)5-18-6-10(11(16)17)13-8(2)15/h4,7,10H,3,5-6H2,1-2H3,(H,13,15)(H,16,17). The highest BCUT2D eigenvalue weighted by Crippen LogP contribution is 2.13. The molecule has 18 heavy (non-hydrogen) atoms. The fraction of sp³-hybridized carbons (Fsp3) is 0.545. The van der Waals surface area contributed by atoms with Gasteiger partial charge in [-0.1, -0.05) is 0 Å². The molecule has 0 fully saturated rings. The topological polar surface area (TPSA) is 84.2 Å². The molecule has 1 amide bonds. The third-order valence-corrected chi connectivity index (χ3v) is 3.42. The van der Waals surface area contributed by atoms with Gasteiger partial charge >= 0.3 is 5.97 Å². The SMILES string of the molecule is CCn1cncc1CSCC(NC(C)=O)C(=O)O. The fourth-order valence-electron chi connectivity index (χ4n) is 1.45. The lowest BCUT2D eigenvalue weighted by atomic mass is 10.3. The molecule has 7 heteroatoms. The van der Waals surface area contributed by atoms with Crippen LogP contribution in [0.2, 0.25) is 0 Å². The number of carboxylic acids is 1. The van der Waals surface area contributed by atoms with E-state index >= 15 is 0 Å². The van der Waals surface area contributed by atoms with Gasteiger partial charge in [0.1, 0.15) is 6.04 Å². The number of amides is 1. The van der Waals surface area contributed by atoms with E-state index in [0.717, 1.165) is 12.2 Å². The molecule has 0 aliphatic heterocycles. The van der Waals surface area contributed by atoms with Crippen LogP contribution in [0.15, 0.2) is 12.5 Å². The largest absolute Gasteiger partial charge is 0.480 e. The maximum absolute atomic E-state index is 10.9. The van der Waals surface area contributed by atoms with Crippen molar-refractivity contribution in [2.75, 3.05) is 5.75 Å². The molecule has 0 radical (unpaired) electrons. The van der Waals surface area contributed by atoms with Gasteiger partial charge in [-0.3, -0.25) is 4.79 Å². The van der Waals surface area contributed by atoms with E-state index in [4.69, 9.17) is 5.11 Å². The molecule has 6 nitrogen and oxygen atoms in total. The summed E-state index contributed by atoms with van der Waals surface area (Å²) >= 11 is 1.46. The first-order chi connectivity index (χ1) is 8.54. The number of thioether (sulfide) groups is 1. The summed E-state index contributed by atoms with van der Waals surface area (Å²) in [4.78, 5) is 25.8. The predicted molar refractivity (Wildman–Crippen MR) is 69.3 cm³/mol. The average Bonchev–Trinajstić information content (AvgIpc) is 2.74. The van der Waals surface area contributed by atoms with E-state index in [1.54, 1.807) is 12.5 Å². The molecule has 0 saturated heterocycles. The van der Waals surface area contributed by atoms with Gasteiger partial charge in [0.15, 0.2) is 0 Å². The Hall–Kier alpha value is -1.50. The number of carboxylic acid groups (broad SMARTS) is 1. The maximum Gasteiger partial charge on any atom is 0.327 e. The molecule has 100 valence electrons. The van der Waals surface area contributed by atoms with Crippen LogP contribution in [0, 0.1) is 0 Å². The molecular weight excluding hydrogens is 254 g/mol. The lowest BCUT2D eigenvalue weighted by Gasteiger charge is -2.12. The molecule has 1 aromatic heterocycles. The molecule has 0 saturated carbocycles. The van der Waals surface area contributed by atoms with E-state index in [9.17, 15) is 9.59 Å². The highest BCUT2D eigenvalue weighted by molar-refractivity contribution is 7.98. The number of nitrogens with one attached hydrogen (secondary N) is 1. The van der Waals surface area contributed by atoms with Crippen LogP contribution in [0.4, 0.5) is 0 Å². The van der Waals surface area contributed by atoms with Crippen LogP contribution in [0.25, 0.3) is 0 Å². The Labute approximate surface area is 110 Å². The Balaban J connectivity index is 2.43. The van der Waals surface area contributed by atoms with Crippen molar-refractivity contribution in [3.05, 3.63) is 18.2 Å². The average molecular weight is 271 g/mol. The predicted octanol–water partition coefficient (Wildman–Crippen LogP) is 0.726. The van der Waals surface area contributed by atoms with E-state index in [0.29, 0.717) is 11.5 Å². The highest BCUT2D eigenvalue weighted by atomic mass is 32.2. The number of rotatable bonds is 7. The summed E-state index contributed by atoms with van der Waals surface area (Å²) in [6.45, 7) is 4.17. The zero-order valence-electron chi connectivity index (χ0n) is 10.4. The van der Waals surface area contributed by atoms with Gasteiger partial charge in [0.05, 0.1) is 6.33 Å². The van der Waals surface area contributed by atoms with Gasteiger partial charge in [-0.25, -0.2) is 9.78 Å². The van der Waals surface area contributed by atoms with Crippen molar-refractivity contribution < 1.29 is 14.7 Å². The quantitative estimate of drug-likeness (QED) is 0.763. The Morgan fingerprint density at radius 3 is 2.89 bits per heavy atom. The van der Waals surface area contributed by atoms with Gasteiger partial charge in [0.2, 0.25) is 5.91 Å². The van der Waals surface area contributed by atoms with Crippen LogP contribution in [-0.2, 0) is 21.9 Å². The number of aryl methyl sites for hydroxylation is 1. The summed E-state index contributed by atoms with van der Waals surface area (Å²) in [7, 11) is 0. The number of carbonyl (C=O) groups is 2. The molecule has 0 spiro atoms. The van der Waals surface area contributed by atoms with E-state index in [1.807, 2.05) is 11.5 Å². The van der Waals surface area contributed by atoms with Crippen molar-refractivity contribution in [3.8, 4) is 0 Å². The van der Waals surface area contributed by atoms with Gasteiger partial charge in [0.25, 0.3) is 0 Å². The van der Waals surface area contributed by atoms with Crippen LogP contribution in [0.1, 0.15) is 19.5 Å². The maximum atomic E-state index is 10.9. The summed E-state index contributed by atoms with van der Waals surface area (Å²) < 4.78 is 2.00. The molecule has 0 bridgehead atoms. The second-order valence-corrected chi connectivity index (χ2v) is 4.81. The van der Waals surface area contributed by atoms with Crippen molar-refractivity contribution in [2.24, 2.45) is 0 Å². The Morgan fingerprint density at radius 1 is 1.61 bits per heavy atom. The van der Waals surface area contributed by atoms with Crippen molar-refractivity contribution >= 4 is 23.6 Å². The van der Waals surface area contributed by atoms with Gasteiger partial charge < -0.3 is 15.0 Å². The summed E-state index contributed by atoms with van der Waals surface area (Å²) in [5, 5.41) is 11.3. The normalized spacial score (nSPS) is 12.1.